The molecular weight excluding hydrogens is 525 g/mol. The molecule has 3 aliphatic rings. The van der Waals surface area contributed by atoms with Gasteiger partial charge in [0.15, 0.2) is 5.78 Å². The second kappa shape index (κ2) is 11.0. The molecule has 0 spiro atoms. The molecule has 218 valence electrons. The van der Waals surface area contributed by atoms with Crippen LogP contribution in [-0.4, -0.2) is 76.1 Å². The van der Waals surface area contributed by atoms with Crippen molar-refractivity contribution in [2.45, 2.75) is 82.9 Å². The smallest absolute Gasteiger partial charge is 0.587 e. The van der Waals surface area contributed by atoms with Gasteiger partial charge in [0.25, 0.3) is 5.91 Å². The van der Waals surface area contributed by atoms with Gasteiger partial charge < -0.3 is 24.1 Å². The monoisotopic (exact) mass is 563 g/mol. The van der Waals surface area contributed by atoms with Crippen molar-refractivity contribution in [1.29, 1.82) is 0 Å². The zero-order valence-electron chi connectivity index (χ0n) is 24.0. The van der Waals surface area contributed by atoms with Crippen LogP contribution in [0.5, 0.6) is 0 Å². The molecule has 7 atom stereocenters. The maximum Gasteiger partial charge on any atom is 0.587 e. The first-order valence-electron chi connectivity index (χ1n) is 14.5. The Morgan fingerprint density at radius 2 is 1.66 bits per heavy atom. The molecule has 3 aliphatic heterocycles. The third-order valence-electron chi connectivity index (χ3n) is 9.19. The van der Waals surface area contributed by atoms with Crippen LogP contribution in [0.4, 0.5) is 0 Å². The quantitative estimate of drug-likeness (QED) is 0.422. The zero-order chi connectivity index (χ0) is 29.5. The van der Waals surface area contributed by atoms with Crippen LogP contribution < -0.4 is 5.32 Å². The second-order valence-electron chi connectivity index (χ2n) is 12.3. The number of nitrogens with zero attached hydrogens (tertiary/aromatic N) is 2. The van der Waals surface area contributed by atoms with Crippen molar-refractivity contribution in [2.75, 3.05) is 7.05 Å². The molecule has 3 fully saturated rings. The highest BCUT2D eigenvalue weighted by Crippen LogP contribution is 2.54. The van der Waals surface area contributed by atoms with E-state index in [1.54, 1.807) is 18.2 Å². The van der Waals surface area contributed by atoms with Gasteiger partial charge in [-0.25, -0.2) is 14.6 Å². The molecule has 1 amide bonds. The summed E-state index contributed by atoms with van der Waals surface area (Å²) in [5, 5.41) is 13.3. The number of carbonyl (C=O) groups is 4. The van der Waals surface area contributed by atoms with Crippen molar-refractivity contribution < 1.29 is 38.0 Å². The SMILES string of the molecule is CC(C)C[C@H](CC(=O)[C@@H](NC(=O)c1cccc(-c2ccccc2)n1)[C@@H](C)O)[B-]12OC(=O)[C@H]3CCC[C@@H](C(=O)O1)[N+]32C. The largest absolute Gasteiger partial charge is 0.600 e. The first-order chi connectivity index (χ1) is 19.5. The molecule has 4 heterocycles. The first kappa shape index (κ1) is 28.9. The van der Waals surface area contributed by atoms with Crippen molar-refractivity contribution in [3.05, 3.63) is 54.2 Å². The second-order valence-corrected chi connectivity index (χ2v) is 12.3. The van der Waals surface area contributed by atoms with Gasteiger partial charge in [0.2, 0.25) is 0 Å². The molecule has 41 heavy (non-hydrogen) atoms. The Balaban J connectivity index is 1.40. The lowest BCUT2D eigenvalue weighted by Gasteiger charge is -2.52. The Kier molecular flexibility index (Phi) is 7.78. The van der Waals surface area contributed by atoms with E-state index in [-0.39, 0.29) is 22.4 Å². The van der Waals surface area contributed by atoms with Crippen molar-refractivity contribution in [2.24, 2.45) is 5.92 Å². The molecule has 0 aliphatic carbocycles. The summed E-state index contributed by atoms with van der Waals surface area (Å²) < 4.78 is 12.1. The van der Waals surface area contributed by atoms with Gasteiger partial charge in [-0.1, -0.05) is 56.7 Å². The topological polar surface area (TPSA) is 132 Å². The van der Waals surface area contributed by atoms with E-state index in [4.69, 9.17) is 9.31 Å². The summed E-state index contributed by atoms with van der Waals surface area (Å²) in [4.78, 5) is 57.6. The molecule has 0 radical (unpaired) electrons. The molecule has 3 saturated heterocycles. The van der Waals surface area contributed by atoms with E-state index in [1.165, 1.54) is 6.92 Å². The fraction of sp³-hybridized carbons (Fsp3) is 0.500. The maximum absolute atomic E-state index is 13.8. The zero-order valence-corrected chi connectivity index (χ0v) is 24.0. The Labute approximate surface area is 240 Å². The van der Waals surface area contributed by atoms with Crippen molar-refractivity contribution in [3.8, 4) is 11.3 Å². The summed E-state index contributed by atoms with van der Waals surface area (Å²) in [5.41, 5.74) is 1.55. The fourth-order valence-corrected chi connectivity index (χ4v) is 7.27. The van der Waals surface area contributed by atoms with Gasteiger partial charge in [-0.3, -0.25) is 9.59 Å². The number of piperidine rings is 1. The summed E-state index contributed by atoms with van der Waals surface area (Å²) >= 11 is 0. The number of aromatic nitrogens is 1. The number of pyridine rings is 1. The molecule has 5 rings (SSSR count). The van der Waals surface area contributed by atoms with E-state index in [9.17, 15) is 24.3 Å². The molecule has 10 nitrogen and oxygen atoms in total. The van der Waals surface area contributed by atoms with Crippen LogP contribution in [0.25, 0.3) is 11.3 Å². The van der Waals surface area contributed by atoms with Crippen LogP contribution in [-0.2, 0) is 23.7 Å². The summed E-state index contributed by atoms with van der Waals surface area (Å²) in [7, 11) is 1.85. The highest BCUT2D eigenvalue weighted by molar-refractivity contribution is 6.68. The molecule has 1 aromatic heterocycles. The van der Waals surface area contributed by atoms with Crippen LogP contribution in [0.3, 0.4) is 0 Å². The van der Waals surface area contributed by atoms with Crippen LogP contribution in [0, 0.1) is 5.92 Å². The third-order valence-corrected chi connectivity index (χ3v) is 9.19. The number of quaternary nitrogens is 1. The average Bonchev–Trinajstić information content (AvgIpc) is 3.31. The highest BCUT2D eigenvalue weighted by atomic mass is 16.7. The van der Waals surface area contributed by atoms with Gasteiger partial charge in [0.1, 0.15) is 23.8 Å². The fourth-order valence-electron chi connectivity index (χ4n) is 7.27. The first-order valence-corrected chi connectivity index (χ1v) is 14.5. The number of rotatable bonds is 10. The number of nitrogens with one attached hydrogen (secondary N) is 1. The van der Waals surface area contributed by atoms with Crippen LogP contribution >= 0.6 is 0 Å². The lowest BCUT2D eigenvalue weighted by Crippen LogP contribution is -2.70. The molecule has 2 aromatic rings. The van der Waals surface area contributed by atoms with E-state index in [0.29, 0.717) is 25.0 Å². The predicted octanol–water partition coefficient (Wildman–Crippen LogP) is 3.02. The highest BCUT2D eigenvalue weighted by Gasteiger charge is 2.76. The number of hydrogen-bond acceptors (Lipinski definition) is 8. The predicted molar refractivity (Wildman–Crippen MR) is 151 cm³/mol. The number of amides is 1. The van der Waals surface area contributed by atoms with Gasteiger partial charge in [-0.15, -0.1) is 0 Å². The molecular formula is C30H38BN3O7. The number of hydrogen-bond donors (Lipinski definition) is 2. The molecule has 2 N–H and O–H groups in total. The summed E-state index contributed by atoms with van der Waals surface area (Å²) in [6.07, 6.45) is 1.03. The van der Waals surface area contributed by atoms with Crippen LogP contribution in [0.15, 0.2) is 48.5 Å². The van der Waals surface area contributed by atoms with E-state index in [2.05, 4.69) is 10.3 Å². The molecule has 11 heteroatoms. The Hall–Kier alpha value is -3.57. The Morgan fingerprint density at radius 3 is 2.24 bits per heavy atom. The number of Topliss-reactive ketones (excluding diaryl/α,β-unsaturated/α-hetero) is 1. The Morgan fingerprint density at radius 1 is 1.02 bits per heavy atom. The number of benzene rings is 1. The van der Waals surface area contributed by atoms with Crippen LogP contribution in [0.2, 0.25) is 5.82 Å². The third kappa shape index (κ3) is 4.95. The minimum absolute atomic E-state index is 0.0459. The van der Waals surface area contributed by atoms with Gasteiger partial charge in [0.05, 0.1) is 11.8 Å². The number of carbonyl (C=O) groups excluding carboxylic acids is 4. The molecule has 0 saturated carbocycles. The van der Waals surface area contributed by atoms with Crippen molar-refractivity contribution >= 4 is 30.3 Å². The maximum atomic E-state index is 13.8. The standard InChI is InChI=1S/C30H38BN3O7/c1-18(2)16-21(31-34(4)24(29(38)40-31)14-9-15-25(34)30(39)41-31)17-26(36)27(19(3)35)33-28(37)23-13-8-12-22(32-23)20-10-6-5-7-11-20/h5-8,10-13,18-19,21,24-25,27,35H,9,14-17H2,1-4H3,(H,33,37)/t19-,21-,24-,25+,27+,31?,34?/m1/s1. The number of ketones is 1. The van der Waals surface area contributed by atoms with Gasteiger partial charge in [-0.05, 0) is 43.6 Å². The van der Waals surface area contributed by atoms with E-state index < -0.39 is 60.4 Å². The molecule has 1 aromatic carbocycles. The van der Waals surface area contributed by atoms with Crippen LogP contribution in [0.1, 0.15) is 63.4 Å². The lowest BCUT2D eigenvalue weighted by atomic mass is 9.50. The van der Waals surface area contributed by atoms with Gasteiger partial charge >= 0.3 is 18.6 Å². The average molecular weight is 563 g/mol. The van der Waals surface area contributed by atoms with Gasteiger partial charge in [-0.2, -0.15) is 0 Å². The summed E-state index contributed by atoms with van der Waals surface area (Å²) in [6.45, 7) is 2.89. The minimum atomic E-state index is -2.52. The number of likely N-dealkylation sites (N-methyl/N-ethyl adjacent to an activating group) is 1. The minimum Gasteiger partial charge on any atom is -0.600 e. The van der Waals surface area contributed by atoms with E-state index in [1.807, 2.05) is 51.2 Å². The lowest BCUT2D eigenvalue weighted by molar-refractivity contribution is -0.850. The summed E-state index contributed by atoms with van der Waals surface area (Å²) in [5.74, 6) is -2.32. The van der Waals surface area contributed by atoms with E-state index >= 15 is 0 Å². The van der Waals surface area contributed by atoms with Crippen molar-refractivity contribution in [1.82, 2.24) is 10.3 Å². The van der Waals surface area contributed by atoms with Gasteiger partial charge in [0, 0.05) is 25.5 Å². The number of aliphatic hydroxyl groups excluding tert-OH is 1. The normalized spacial score (nSPS) is 28.8. The number of aliphatic hydroxyl groups is 1. The summed E-state index contributed by atoms with van der Waals surface area (Å²) in [6, 6.07) is 12.2. The van der Waals surface area contributed by atoms with Crippen molar-refractivity contribution in [3.63, 3.8) is 0 Å². The Bertz CT molecular complexity index is 1320. The molecule has 0 bridgehead atoms. The molecule has 2 unspecified atom stereocenters. The van der Waals surface area contributed by atoms with E-state index in [0.717, 1.165) is 12.0 Å².